The Morgan fingerprint density at radius 1 is 1.25 bits per heavy atom. The summed E-state index contributed by atoms with van der Waals surface area (Å²) < 4.78 is 5.54. The Balaban J connectivity index is 2.19. The van der Waals surface area contributed by atoms with Gasteiger partial charge in [0.1, 0.15) is 5.60 Å². The van der Waals surface area contributed by atoms with Crippen molar-refractivity contribution in [2.24, 2.45) is 0 Å². The first-order chi connectivity index (χ1) is 9.47. The number of rotatable bonds is 1. The van der Waals surface area contributed by atoms with Gasteiger partial charge in [-0.1, -0.05) is 30.3 Å². The Bertz CT molecular complexity index is 440. The molecule has 1 atom stereocenters. The van der Waals surface area contributed by atoms with Crippen molar-refractivity contribution >= 4 is 6.09 Å². The minimum Gasteiger partial charge on any atom is -0.444 e. The zero-order valence-corrected chi connectivity index (χ0v) is 12.6. The number of carbonyl (C=O) groups is 1. The lowest BCUT2D eigenvalue weighted by molar-refractivity contribution is 0.0171. The maximum absolute atomic E-state index is 12.4. The van der Waals surface area contributed by atoms with Crippen molar-refractivity contribution in [1.29, 1.82) is 0 Å². The van der Waals surface area contributed by atoms with Gasteiger partial charge in [-0.15, -0.1) is 0 Å². The van der Waals surface area contributed by atoms with Crippen LogP contribution in [0, 0.1) is 0 Å². The summed E-state index contributed by atoms with van der Waals surface area (Å²) in [5.74, 6) is 0. The molecule has 0 aromatic heterocycles. The number of carbonyl (C=O) groups excluding carboxylic acids is 1. The van der Waals surface area contributed by atoms with E-state index in [0.29, 0.717) is 6.54 Å². The molecular weight excluding hydrogens is 252 g/mol. The standard InChI is InChI=1S/C16H24N2O2/c1-16(2,3)20-15(19)18-12-11-17-10-9-14(18)13-7-5-4-6-8-13/h4-8,14,17H,9-12H2,1-3H3. The smallest absolute Gasteiger partial charge is 0.410 e. The topological polar surface area (TPSA) is 41.6 Å². The molecule has 0 bridgehead atoms. The van der Waals surface area contributed by atoms with Crippen LogP contribution in [0.4, 0.5) is 4.79 Å². The van der Waals surface area contributed by atoms with E-state index in [9.17, 15) is 4.79 Å². The average molecular weight is 276 g/mol. The van der Waals surface area contributed by atoms with Gasteiger partial charge in [-0.3, -0.25) is 4.90 Å². The lowest BCUT2D eigenvalue weighted by Gasteiger charge is -2.32. The van der Waals surface area contributed by atoms with E-state index >= 15 is 0 Å². The van der Waals surface area contributed by atoms with E-state index in [-0.39, 0.29) is 12.1 Å². The predicted molar refractivity (Wildman–Crippen MR) is 79.6 cm³/mol. The maximum atomic E-state index is 12.4. The Morgan fingerprint density at radius 3 is 2.60 bits per heavy atom. The van der Waals surface area contributed by atoms with E-state index < -0.39 is 5.60 Å². The molecule has 0 radical (unpaired) electrons. The third kappa shape index (κ3) is 3.97. The van der Waals surface area contributed by atoms with Gasteiger partial charge in [-0.2, -0.15) is 0 Å². The highest BCUT2D eigenvalue weighted by atomic mass is 16.6. The third-order valence-corrected chi connectivity index (χ3v) is 3.31. The number of hydrogen-bond acceptors (Lipinski definition) is 3. The van der Waals surface area contributed by atoms with Crippen molar-refractivity contribution < 1.29 is 9.53 Å². The largest absolute Gasteiger partial charge is 0.444 e. The first-order valence-corrected chi connectivity index (χ1v) is 7.23. The number of benzene rings is 1. The molecule has 1 aromatic rings. The molecule has 4 heteroatoms. The molecule has 110 valence electrons. The van der Waals surface area contributed by atoms with Gasteiger partial charge in [-0.05, 0) is 39.3 Å². The molecule has 4 nitrogen and oxygen atoms in total. The van der Waals surface area contributed by atoms with Crippen molar-refractivity contribution in [1.82, 2.24) is 10.2 Å². The first-order valence-electron chi connectivity index (χ1n) is 7.23. The van der Waals surface area contributed by atoms with Crippen LogP contribution < -0.4 is 5.32 Å². The van der Waals surface area contributed by atoms with Crippen molar-refractivity contribution in [3.8, 4) is 0 Å². The minimum atomic E-state index is -0.460. The summed E-state index contributed by atoms with van der Waals surface area (Å²) in [5.41, 5.74) is 0.708. The number of ether oxygens (including phenoxy) is 1. The van der Waals surface area contributed by atoms with Crippen LogP contribution in [0.5, 0.6) is 0 Å². The molecule has 1 unspecified atom stereocenters. The Hall–Kier alpha value is -1.55. The molecular formula is C16H24N2O2. The van der Waals surface area contributed by atoms with E-state index in [1.54, 1.807) is 0 Å². The number of nitrogens with zero attached hydrogens (tertiary/aromatic N) is 1. The van der Waals surface area contributed by atoms with Crippen LogP contribution in [0.3, 0.4) is 0 Å². The van der Waals surface area contributed by atoms with Crippen molar-refractivity contribution in [2.45, 2.75) is 38.8 Å². The van der Waals surface area contributed by atoms with Crippen molar-refractivity contribution in [2.75, 3.05) is 19.6 Å². The third-order valence-electron chi connectivity index (χ3n) is 3.31. The van der Waals surface area contributed by atoms with Crippen molar-refractivity contribution in [3.05, 3.63) is 35.9 Å². The Kier molecular flexibility index (Phi) is 4.65. The van der Waals surface area contributed by atoms with E-state index in [1.165, 1.54) is 5.56 Å². The van der Waals surface area contributed by atoms with Gasteiger partial charge in [0.15, 0.2) is 0 Å². The maximum Gasteiger partial charge on any atom is 0.410 e. The summed E-state index contributed by atoms with van der Waals surface area (Å²) in [4.78, 5) is 14.3. The van der Waals surface area contributed by atoms with Crippen molar-refractivity contribution in [3.63, 3.8) is 0 Å². The quantitative estimate of drug-likeness (QED) is 0.857. The minimum absolute atomic E-state index is 0.0843. The molecule has 1 aliphatic heterocycles. The van der Waals surface area contributed by atoms with Crippen LogP contribution in [0.15, 0.2) is 30.3 Å². The van der Waals surface area contributed by atoms with E-state index in [4.69, 9.17) is 4.74 Å². The van der Waals surface area contributed by atoms with Gasteiger partial charge in [0.2, 0.25) is 0 Å². The van der Waals surface area contributed by atoms with E-state index in [1.807, 2.05) is 43.9 Å². The van der Waals surface area contributed by atoms with Gasteiger partial charge in [-0.25, -0.2) is 4.79 Å². The Labute approximate surface area is 121 Å². The molecule has 0 aliphatic carbocycles. The molecule has 1 aliphatic rings. The molecule has 1 fully saturated rings. The summed E-state index contributed by atoms with van der Waals surface area (Å²) in [6.45, 7) is 8.10. The molecule has 0 spiro atoms. The lowest BCUT2D eigenvalue weighted by Crippen LogP contribution is -2.40. The molecule has 1 amide bonds. The molecule has 1 saturated heterocycles. The number of nitrogens with one attached hydrogen (secondary N) is 1. The zero-order valence-electron chi connectivity index (χ0n) is 12.6. The highest BCUT2D eigenvalue weighted by Gasteiger charge is 2.30. The zero-order chi connectivity index (χ0) is 14.6. The monoisotopic (exact) mass is 276 g/mol. The molecule has 1 aromatic carbocycles. The van der Waals surface area contributed by atoms with Crippen LogP contribution >= 0.6 is 0 Å². The average Bonchev–Trinajstić information content (AvgIpc) is 2.63. The fourth-order valence-corrected chi connectivity index (χ4v) is 2.44. The fraction of sp³-hybridized carbons (Fsp3) is 0.562. The number of hydrogen-bond donors (Lipinski definition) is 1. The normalized spacial score (nSPS) is 20.4. The van der Waals surface area contributed by atoms with Gasteiger partial charge in [0.05, 0.1) is 6.04 Å². The molecule has 1 heterocycles. The summed E-state index contributed by atoms with van der Waals surface area (Å²) in [6.07, 6.45) is 0.679. The highest BCUT2D eigenvalue weighted by Crippen LogP contribution is 2.26. The lowest BCUT2D eigenvalue weighted by atomic mass is 10.0. The summed E-state index contributed by atoms with van der Waals surface area (Å²) in [6, 6.07) is 10.3. The molecule has 1 N–H and O–H groups in total. The second kappa shape index (κ2) is 6.27. The van der Waals surface area contributed by atoms with E-state index in [0.717, 1.165) is 19.5 Å². The second-order valence-electron chi connectivity index (χ2n) is 6.14. The Morgan fingerprint density at radius 2 is 1.95 bits per heavy atom. The number of amides is 1. The summed E-state index contributed by atoms with van der Waals surface area (Å²) in [5, 5.41) is 3.35. The molecule has 20 heavy (non-hydrogen) atoms. The summed E-state index contributed by atoms with van der Waals surface area (Å²) >= 11 is 0. The van der Waals surface area contributed by atoms with Crippen LogP contribution in [-0.4, -0.2) is 36.2 Å². The summed E-state index contributed by atoms with van der Waals surface area (Å²) in [7, 11) is 0. The fourth-order valence-electron chi connectivity index (χ4n) is 2.44. The van der Waals surface area contributed by atoms with Crippen LogP contribution in [-0.2, 0) is 4.74 Å². The predicted octanol–water partition coefficient (Wildman–Crippen LogP) is 2.96. The van der Waals surface area contributed by atoms with E-state index in [2.05, 4.69) is 17.4 Å². The van der Waals surface area contributed by atoms with Gasteiger partial charge in [0.25, 0.3) is 0 Å². The van der Waals surface area contributed by atoms with Gasteiger partial charge < -0.3 is 10.1 Å². The first kappa shape index (κ1) is 14.9. The van der Waals surface area contributed by atoms with Crippen LogP contribution in [0.1, 0.15) is 38.8 Å². The molecule has 2 rings (SSSR count). The highest BCUT2D eigenvalue weighted by molar-refractivity contribution is 5.69. The molecule has 0 saturated carbocycles. The van der Waals surface area contributed by atoms with Crippen LogP contribution in [0.2, 0.25) is 0 Å². The van der Waals surface area contributed by atoms with Gasteiger partial charge >= 0.3 is 6.09 Å². The SMILES string of the molecule is CC(C)(C)OC(=O)N1CCNCCC1c1ccccc1. The van der Waals surface area contributed by atoms with Gasteiger partial charge in [0, 0.05) is 13.1 Å². The van der Waals surface area contributed by atoms with Crippen LogP contribution in [0.25, 0.3) is 0 Å². The second-order valence-corrected chi connectivity index (χ2v) is 6.14.